The Hall–Kier alpha value is -3.09. The molecule has 0 heterocycles. The summed E-state index contributed by atoms with van der Waals surface area (Å²) in [4.78, 5) is 26.8. The van der Waals surface area contributed by atoms with Gasteiger partial charge in [-0.3, -0.25) is 9.59 Å². The zero-order chi connectivity index (χ0) is 21.4. The van der Waals surface area contributed by atoms with Crippen molar-refractivity contribution in [2.24, 2.45) is 0 Å². The number of halogens is 1. The number of carbonyl (C=O) groups excluding carboxylic acids is 2. The Labute approximate surface area is 170 Å². The highest BCUT2D eigenvalue weighted by molar-refractivity contribution is 5.88. The van der Waals surface area contributed by atoms with E-state index in [1.54, 1.807) is 43.3 Å². The number of carbonyl (C=O) groups is 2. The van der Waals surface area contributed by atoms with Gasteiger partial charge >= 0.3 is 0 Å². The molecule has 0 spiro atoms. The maximum atomic E-state index is 13.2. The molecule has 156 valence electrons. The lowest BCUT2D eigenvalue weighted by molar-refractivity contribution is -0.142. The molecule has 0 aliphatic rings. The maximum Gasteiger partial charge on any atom is 0.261 e. The number of hydrogen-bond donors (Lipinski definition) is 1. The zero-order valence-electron chi connectivity index (χ0n) is 17.1. The van der Waals surface area contributed by atoms with Crippen LogP contribution in [0, 0.1) is 5.82 Å². The van der Waals surface area contributed by atoms with Crippen molar-refractivity contribution in [3.05, 3.63) is 59.9 Å². The predicted octanol–water partition coefficient (Wildman–Crippen LogP) is 3.16. The Morgan fingerprint density at radius 1 is 1.03 bits per heavy atom. The van der Waals surface area contributed by atoms with Crippen molar-refractivity contribution in [3.63, 3.8) is 0 Å². The zero-order valence-corrected chi connectivity index (χ0v) is 17.1. The van der Waals surface area contributed by atoms with Crippen LogP contribution in [-0.2, 0) is 16.1 Å². The molecule has 0 aliphatic carbocycles. The van der Waals surface area contributed by atoms with Gasteiger partial charge in [-0.05, 0) is 50.6 Å². The van der Waals surface area contributed by atoms with E-state index in [9.17, 15) is 14.0 Å². The second-order valence-electron chi connectivity index (χ2n) is 6.93. The van der Waals surface area contributed by atoms with E-state index < -0.39 is 6.04 Å². The van der Waals surface area contributed by atoms with E-state index in [1.165, 1.54) is 24.1 Å². The second-order valence-corrected chi connectivity index (χ2v) is 6.93. The number of methoxy groups -OCH3 is 1. The summed E-state index contributed by atoms with van der Waals surface area (Å²) < 4.78 is 24.1. The predicted molar refractivity (Wildman–Crippen MR) is 108 cm³/mol. The summed E-state index contributed by atoms with van der Waals surface area (Å²) in [5.74, 6) is -0.0588. The number of amides is 2. The van der Waals surface area contributed by atoms with Crippen LogP contribution in [0.15, 0.2) is 48.5 Å². The molecular weight excluding hydrogens is 375 g/mol. The summed E-state index contributed by atoms with van der Waals surface area (Å²) in [5.41, 5.74) is 0.709. The summed E-state index contributed by atoms with van der Waals surface area (Å²) in [6.45, 7) is 5.24. The first kappa shape index (κ1) is 22.2. The molecule has 0 aliphatic heterocycles. The molecule has 2 rings (SSSR count). The molecule has 1 N–H and O–H groups in total. The van der Waals surface area contributed by atoms with Crippen LogP contribution >= 0.6 is 0 Å². The number of hydrogen-bond acceptors (Lipinski definition) is 4. The first-order chi connectivity index (χ1) is 13.8. The van der Waals surface area contributed by atoms with E-state index in [0.29, 0.717) is 17.1 Å². The number of rotatable bonds is 9. The van der Waals surface area contributed by atoms with Gasteiger partial charge in [-0.25, -0.2) is 4.39 Å². The molecule has 0 saturated heterocycles. The molecule has 0 radical (unpaired) electrons. The number of nitrogens with one attached hydrogen (secondary N) is 1. The minimum Gasteiger partial charge on any atom is -0.493 e. The Kier molecular flexibility index (Phi) is 8.00. The minimum atomic E-state index is -0.726. The molecule has 6 nitrogen and oxygen atoms in total. The monoisotopic (exact) mass is 402 g/mol. The quantitative estimate of drug-likeness (QED) is 0.700. The van der Waals surface area contributed by atoms with Crippen LogP contribution in [0.3, 0.4) is 0 Å². The van der Waals surface area contributed by atoms with E-state index in [2.05, 4.69) is 5.32 Å². The Morgan fingerprint density at radius 3 is 2.24 bits per heavy atom. The van der Waals surface area contributed by atoms with Crippen LogP contribution < -0.4 is 14.8 Å². The molecule has 0 unspecified atom stereocenters. The van der Waals surface area contributed by atoms with Crippen molar-refractivity contribution in [1.29, 1.82) is 0 Å². The van der Waals surface area contributed by atoms with Crippen LogP contribution in [0.5, 0.6) is 11.5 Å². The first-order valence-electron chi connectivity index (χ1n) is 9.42. The summed E-state index contributed by atoms with van der Waals surface area (Å²) in [5, 5.41) is 2.81. The van der Waals surface area contributed by atoms with Gasteiger partial charge in [-0.2, -0.15) is 0 Å². The lowest BCUT2D eigenvalue weighted by Gasteiger charge is -2.29. The van der Waals surface area contributed by atoms with E-state index in [-0.39, 0.29) is 36.8 Å². The average molecular weight is 402 g/mol. The molecule has 2 aromatic rings. The van der Waals surface area contributed by atoms with Crippen LogP contribution in [-0.4, -0.2) is 42.5 Å². The van der Waals surface area contributed by atoms with Crippen LogP contribution in [0.4, 0.5) is 4.39 Å². The molecule has 29 heavy (non-hydrogen) atoms. The molecule has 2 amide bonds. The van der Waals surface area contributed by atoms with E-state index in [4.69, 9.17) is 9.47 Å². The number of ether oxygens (including phenoxy) is 2. The van der Waals surface area contributed by atoms with Gasteiger partial charge in [0.2, 0.25) is 5.91 Å². The van der Waals surface area contributed by atoms with Crippen molar-refractivity contribution in [1.82, 2.24) is 10.2 Å². The summed E-state index contributed by atoms with van der Waals surface area (Å²) in [6.07, 6.45) is 0. The summed E-state index contributed by atoms with van der Waals surface area (Å²) in [7, 11) is 1.52. The van der Waals surface area contributed by atoms with E-state index >= 15 is 0 Å². The molecule has 1 atom stereocenters. The number of benzene rings is 2. The normalized spacial score (nSPS) is 11.7. The van der Waals surface area contributed by atoms with Gasteiger partial charge in [-0.1, -0.05) is 24.3 Å². The van der Waals surface area contributed by atoms with Crippen molar-refractivity contribution in [2.75, 3.05) is 13.7 Å². The number of nitrogens with zero attached hydrogens (tertiary/aromatic N) is 1. The largest absolute Gasteiger partial charge is 0.493 e. The van der Waals surface area contributed by atoms with Gasteiger partial charge in [0, 0.05) is 12.6 Å². The Balaban J connectivity index is 2.16. The van der Waals surface area contributed by atoms with Crippen LogP contribution in [0.25, 0.3) is 0 Å². The van der Waals surface area contributed by atoms with Crippen LogP contribution in [0.2, 0.25) is 0 Å². The fourth-order valence-electron chi connectivity index (χ4n) is 2.73. The maximum absolute atomic E-state index is 13.2. The minimum absolute atomic E-state index is 0.0578. The molecule has 2 aromatic carbocycles. The number of para-hydroxylation sites is 2. The highest BCUT2D eigenvalue weighted by Gasteiger charge is 2.27. The third-order valence-corrected chi connectivity index (χ3v) is 4.28. The molecule has 0 saturated carbocycles. The summed E-state index contributed by atoms with van der Waals surface area (Å²) >= 11 is 0. The van der Waals surface area contributed by atoms with Gasteiger partial charge in [-0.15, -0.1) is 0 Å². The Bertz CT molecular complexity index is 824. The summed E-state index contributed by atoms with van der Waals surface area (Å²) in [6, 6.07) is 12.0. The lowest BCUT2D eigenvalue weighted by atomic mass is 10.1. The highest BCUT2D eigenvalue weighted by atomic mass is 19.1. The highest BCUT2D eigenvalue weighted by Crippen LogP contribution is 2.25. The fourth-order valence-corrected chi connectivity index (χ4v) is 2.73. The van der Waals surface area contributed by atoms with Crippen molar-refractivity contribution in [2.45, 2.75) is 39.4 Å². The SMILES string of the molecule is COc1ccccc1OCC(=O)N(Cc1ccc(F)cc1)[C@@H](C)C(=O)NC(C)C. The van der Waals surface area contributed by atoms with E-state index in [1.807, 2.05) is 13.8 Å². The topological polar surface area (TPSA) is 67.9 Å². The van der Waals surface area contributed by atoms with Gasteiger partial charge < -0.3 is 19.7 Å². The molecule has 0 aromatic heterocycles. The third kappa shape index (κ3) is 6.48. The van der Waals surface area contributed by atoms with Gasteiger partial charge in [0.1, 0.15) is 11.9 Å². The fraction of sp³-hybridized carbons (Fsp3) is 0.364. The first-order valence-corrected chi connectivity index (χ1v) is 9.42. The third-order valence-electron chi connectivity index (χ3n) is 4.28. The molecule has 0 fully saturated rings. The lowest BCUT2D eigenvalue weighted by Crippen LogP contribution is -2.50. The van der Waals surface area contributed by atoms with Gasteiger partial charge in [0.25, 0.3) is 5.91 Å². The van der Waals surface area contributed by atoms with Crippen molar-refractivity contribution in [3.8, 4) is 11.5 Å². The molecule has 0 bridgehead atoms. The smallest absolute Gasteiger partial charge is 0.261 e. The van der Waals surface area contributed by atoms with Gasteiger partial charge in [0.05, 0.1) is 7.11 Å². The van der Waals surface area contributed by atoms with E-state index in [0.717, 1.165) is 0 Å². The standard InChI is InChI=1S/C22H27FN2O4/c1-15(2)24-22(27)16(3)25(13-17-9-11-18(23)12-10-17)21(26)14-29-20-8-6-5-7-19(20)28-4/h5-12,15-16H,13-14H2,1-4H3,(H,24,27)/t16-/m0/s1. The van der Waals surface area contributed by atoms with Crippen LogP contribution in [0.1, 0.15) is 26.3 Å². The van der Waals surface area contributed by atoms with Crippen molar-refractivity contribution < 1.29 is 23.5 Å². The molecule has 7 heteroatoms. The second kappa shape index (κ2) is 10.5. The van der Waals surface area contributed by atoms with Crippen molar-refractivity contribution >= 4 is 11.8 Å². The van der Waals surface area contributed by atoms with Gasteiger partial charge in [0.15, 0.2) is 18.1 Å². The molecular formula is C22H27FN2O4. The average Bonchev–Trinajstić information content (AvgIpc) is 2.70. The Morgan fingerprint density at radius 2 is 1.66 bits per heavy atom.